The van der Waals surface area contributed by atoms with Crippen LogP contribution in [0.4, 0.5) is 24.7 Å². The van der Waals surface area contributed by atoms with Crippen molar-refractivity contribution in [2.45, 2.75) is 6.36 Å². The van der Waals surface area contributed by atoms with Crippen molar-refractivity contribution in [3.63, 3.8) is 0 Å². The molecule has 0 N–H and O–H groups in total. The maximum atomic E-state index is 12.4. The van der Waals surface area contributed by atoms with E-state index in [1.807, 2.05) is 24.3 Å². The lowest BCUT2D eigenvalue weighted by Crippen LogP contribution is -2.46. The van der Waals surface area contributed by atoms with E-state index in [1.165, 1.54) is 18.5 Å². The third-order valence-electron chi connectivity index (χ3n) is 5.37. The number of hydrogen-bond donors (Lipinski definition) is 0. The van der Waals surface area contributed by atoms with Gasteiger partial charge in [0.2, 0.25) is 0 Å². The number of benzene rings is 2. The molecule has 0 amide bonds. The van der Waals surface area contributed by atoms with Crippen LogP contribution in [0.3, 0.4) is 0 Å². The van der Waals surface area contributed by atoms with Gasteiger partial charge in [0.25, 0.3) is 0 Å². The molecule has 3 aromatic rings. The smallest absolute Gasteiger partial charge is 0.493 e. The molecule has 2 aromatic carbocycles. The molecule has 4 rings (SSSR count). The van der Waals surface area contributed by atoms with Gasteiger partial charge in [0.1, 0.15) is 17.9 Å². The quantitative estimate of drug-likeness (QED) is 0.541. The molecular formula is C23H23F3N4O3. The van der Waals surface area contributed by atoms with Crippen LogP contribution in [0.5, 0.6) is 17.2 Å². The van der Waals surface area contributed by atoms with Crippen molar-refractivity contribution < 1.29 is 27.4 Å². The van der Waals surface area contributed by atoms with Gasteiger partial charge in [0, 0.05) is 49.6 Å². The number of hydrogen-bond acceptors (Lipinski definition) is 7. The summed E-state index contributed by atoms with van der Waals surface area (Å²) < 4.78 is 51.7. The SMILES string of the molecule is COc1ccc(N2CCN(c3cc(-c4ccc(OC(F)(F)F)cc4)ncn3)CC2)cc1OC. The largest absolute Gasteiger partial charge is 0.573 e. The lowest BCUT2D eigenvalue weighted by Gasteiger charge is -2.37. The summed E-state index contributed by atoms with van der Waals surface area (Å²) in [6.07, 6.45) is -3.26. The van der Waals surface area contributed by atoms with Crippen LogP contribution in [0.15, 0.2) is 54.9 Å². The highest BCUT2D eigenvalue weighted by Gasteiger charge is 2.31. The Labute approximate surface area is 189 Å². The molecule has 33 heavy (non-hydrogen) atoms. The van der Waals surface area contributed by atoms with Crippen molar-refractivity contribution in [2.24, 2.45) is 0 Å². The fourth-order valence-corrected chi connectivity index (χ4v) is 3.72. The molecule has 0 unspecified atom stereocenters. The molecule has 174 valence electrons. The van der Waals surface area contributed by atoms with Crippen LogP contribution in [-0.4, -0.2) is 56.7 Å². The van der Waals surface area contributed by atoms with E-state index in [9.17, 15) is 13.2 Å². The molecule has 1 fully saturated rings. The molecule has 2 heterocycles. The number of ether oxygens (including phenoxy) is 3. The molecule has 1 aliphatic heterocycles. The number of alkyl halides is 3. The maximum Gasteiger partial charge on any atom is 0.573 e. The molecule has 0 aliphatic carbocycles. The summed E-state index contributed by atoms with van der Waals surface area (Å²) in [7, 11) is 3.22. The summed E-state index contributed by atoms with van der Waals surface area (Å²) >= 11 is 0. The van der Waals surface area contributed by atoms with Gasteiger partial charge >= 0.3 is 6.36 Å². The summed E-state index contributed by atoms with van der Waals surface area (Å²) in [4.78, 5) is 13.1. The molecule has 1 saturated heterocycles. The highest BCUT2D eigenvalue weighted by molar-refractivity contribution is 5.64. The number of nitrogens with zero attached hydrogens (tertiary/aromatic N) is 4. The monoisotopic (exact) mass is 460 g/mol. The number of methoxy groups -OCH3 is 2. The highest BCUT2D eigenvalue weighted by atomic mass is 19.4. The topological polar surface area (TPSA) is 60.0 Å². The fraction of sp³-hybridized carbons (Fsp3) is 0.304. The Balaban J connectivity index is 1.43. The van der Waals surface area contributed by atoms with Gasteiger partial charge in [-0.05, 0) is 36.4 Å². The molecule has 0 saturated carbocycles. The van der Waals surface area contributed by atoms with Gasteiger partial charge in [-0.25, -0.2) is 9.97 Å². The van der Waals surface area contributed by atoms with Crippen LogP contribution in [0.2, 0.25) is 0 Å². The molecule has 1 aromatic heterocycles. The fourth-order valence-electron chi connectivity index (χ4n) is 3.72. The summed E-state index contributed by atoms with van der Waals surface area (Å²) in [6.45, 7) is 3.09. The van der Waals surface area contributed by atoms with Crippen LogP contribution >= 0.6 is 0 Å². The predicted molar refractivity (Wildman–Crippen MR) is 118 cm³/mol. The zero-order valence-electron chi connectivity index (χ0n) is 18.2. The third-order valence-corrected chi connectivity index (χ3v) is 5.37. The van der Waals surface area contributed by atoms with Gasteiger partial charge in [0.05, 0.1) is 19.9 Å². The second-order valence-electron chi connectivity index (χ2n) is 7.35. The zero-order valence-corrected chi connectivity index (χ0v) is 18.2. The average molecular weight is 460 g/mol. The van der Waals surface area contributed by atoms with Crippen molar-refractivity contribution in [3.05, 3.63) is 54.9 Å². The first-order chi connectivity index (χ1) is 15.9. The Bertz CT molecular complexity index is 1090. The number of piperazine rings is 1. The van der Waals surface area contributed by atoms with E-state index in [1.54, 1.807) is 26.4 Å². The molecule has 10 heteroatoms. The molecule has 0 spiro atoms. The normalized spacial score (nSPS) is 14.2. The Morgan fingerprint density at radius 1 is 0.788 bits per heavy atom. The summed E-state index contributed by atoms with van der Waals surface area (Å²) in [5, 5.41) is 0. The Morgan fingerprint density at radius 3 is 2.09 bits per heavy atom. The molecular weight excluding hydrogens is 437 g/mol. The minimum absolute atomic E-state index is 0.271. The van der Waals surface area contributed by atoms with Gasteiger partial charge in [-0.1, -0.05) is 0 Å². The van der Waals surface area contributed by atoms with Crippen molar-refractivity contribution in [3.8, 4) is 28.5 Å². The van der Waals surface area contributed by atoms with E-state index in [0.29, 0.717) is 22.8 Å². The molecule has 0 bridgehead atoms. The van der Waals surface area contributed by atoms with Gasteiger partial charge in [-0.2, -0.15) is 0 Å². The molecule has 1 aliphatic rings. The summed E-state index contributed by atoms with van der Waals surface area (Å²) in [5.74, 6) is 1.87. The first-order valence-electron chi connectivity index (χ1n) is 10.3. The highest BCUT2D eigenvalue weighted by Crippen LogP contribution is 2.32. The van der Waals surface area contributed by atoms with E-state index in [0.717, 1.165) is 37.7 Å². The second-order valence-corrected chi connectivity index (χ2v) is 7.35. The Hall–Kier alpha value is -3.69. The van der Waals surface area contributed by atoms with Crippen LogP contribution < -0.4 is 24.0 Å². The first-order valence-corrected chi connectivity index (χ1v) is 10.3. The zero-order chi connectivity index (χ0) is 23.4. The van der Waals surface area contributed by atoms with E-state index in [2.05, 4.69) is 24.5 Å². The minimum atomic E-state index is -4.72. The Kier molecular flexibility index (Phi) is 6.43. The standard InChI is InChI=1S/C23H23F3N4O3/c1-31-20-8-5-17(13-21(20)32-2)29-9-11-30(12-10-29)22-14-19(27-15-28-22)16-3-6-18(7-4-16)33-23(24,25)26/h3-8,13-15H,9-12H2,1-2H3. The summed E-state index contributed by atoms with van der Waals surface area (Å²) in [6, 6.07) is 13.3. The predicted octanol–water partition coefficient (Wildman–Crippen LogP) is 4.39. The first kappa shape index (κ1) is 22.5. The van der Waals surface area contributed by atoms with E-state index in [-0.39, 0.29) is 5.75 Å². The van der Waals surface area contributed by atoms with E-state index >= 15 is 0 Å². The lowest BCUT2D eigenvalue weighted by molar-refractivity contribution is -0.274. The van der Waals surface area contributed by atoms with Crippen molar-refractivity contribution >= 4 is 11.5 Å². The number of aromatic nitrogens is 2. The molecule has 0 atom stereocenters. The van der Waals surface area contributed by atoms with Gasteiger partial charge in [0.15, 0.2) is 11.5 Å². The Morgan fingerprint density at radius 2 is 1.45 bits per heavy atom. The summed E-state index contributed by atoms with van der Waals surface area (Å²) in [5.41, 5.74) is 2.36. The van der Waals surface area contributed by atoms with Crippen molar-refractivity contribution in [1.29, 1.82) is 0 Å². The van der Waals surface area contributed by atoms with E-state index < -0.39 is 6.36 Å². The van der Waals surface area contributed by atoms with Crippen molar-refractivity contribution in [2.75, 3.05) is 50.2 Å². The van der Waals surface area contributed by atoms with Gasteiger partial charge < -0.3 is 24.0 Å². The number of rotatable bonds is 6. The molecule has 0 radical (unpaired) electrons. The van der Waals surface area contributed by atoms with E-state index in [4.69, 9.17) is 9.47 Å². The van der Waals surface area contributed by atoms with Crippen molar-refractivity contribution in [1.82, 2.24) is 9.97 Å². The van der Waals surface area contributed by atoms with Gasteiger partial charge in [-0.3, -0.25) is 0 Å². The average Bonchev–Trinajstić information content (AvgIpc) is 2.83. The third kappa shape index (κ3) is 5.39. The maximum absolute atomic E-state index is 12.4. The second kappa shape index (κ2) is 9.43. The lowest BCUT2D eigenvalue weighted by atomic mass is 10.1. The minimum Gasteiger partial charge on any atom is -0.493 e. The van der Waals surface area contributed by atoms with Crippen LogP contribution in [0.1, 0.15) is 0 Å². The number of halogens is 3. The number of anilines is 2. The van der Waals surface area contributed by atoms with Crippen LogP contribution in [0.25, 0.3) is 11.3 Å². The molecule has 7 nitrogen and oxygen atoms in total. The van der Waals surface area contributed by atoms with Gasteiger partial charge in [-0.15, -0.1) is 13.2 Å². The van der Waals surface area contributed by atoms with Crippen LogP contribution in [0, 0.1) is 0 Å². The van der Waals surface area contributed by atoms with Crippen LogP contribution in [-0.2, 0) is 0 Å².